The maximum atomic E-state index is 13.0. The lowest BCUT2D eigenvalue weighted by Crippen LogP contribution is -2.32. The van der Waals surface area contributed by atoms with Crippen LogP contribution in [0.3, 0.4) is 0 Å². The molecule has 0 aliphatic carbocycles. The Bertz CT molecular complexity index is 952. The number of aryl methyl sites for hydroxylation is 1. The van der Waals surface area contributed by atoms with E-state index in [0.29, 0.717) is 23.7 Å². The number of hydrogen-bond acceptors (Lipinski definition) is 4. The molecule has 2 aromatic carbocycles. The molecule has 1 N–H and O–H groups in total. The molecule has 5 nitrogen and oxygen atoms in total. The van der Waals surface area contributed by atoms with E-state index in [1.807, 2.05) is 13.0 Å². The second-order valence-electron chi connectivity index (χ2n) is 7.08. The highest BCUT2D eigenvalue weighted by atomic mass is 35.5. The summed E-state index contributed by atoms with van der Waals surface area (Å²) in [6, 6.07) is 11.8. The zero-order valence-electron chi connectivity index (χ0n) is 15.9. The highest BCUT2D eigenvalue weighted by molar-refractivity contribution is 7.89. The summed E-state index contributed by atoms with van der Waals surface area (Å²) in [7, 11) is -3.58. The number of halogens is 1. The van der Waals surface area contributed by atoms with Crippen LogP contribution in [0.5, 0.6) is 0 Å². The lowest BCUT2D eigenvalue weighted by atomic mass is 10.1. The van der Waals surface area contributed by atoms with Crippen LogP contribution in [-0.4, -0.2) is 38.1 Å². The minimum atomic E-state index is -3.58. The number of rotatable bonds is 6. The number of carbonyl (C=O) groups excluding carboxylic acids is 1. The van der Waals surface area contributed by atoms with Crippen LogP contribution >= 0.6 is 11.6 Å². The predicted octanol–water partition coefficient (Wildman–Crippen LogP) is 4.51. The molecule has 1 aliphatic rings. The van der Waals surface area contributed by atoms with Crippen molar-refractivity contribution in [1.82, 2.24) is 4.31 Å². The fourth-order valence-electron chi connectivity index (χ4n) is 3.32. The van der Waals surface area contributed by atoms with Gasteiger partial charge in [-0.2, -0.15) is 4.31 Å². The molecule has 0 spiro atoms. The number of Topliss-reactive ketones (excluding diaryl/α,β-unsaturated/α-hetero) is 1. The lowest BCUT2D eigenvalue weighted by molar-refractivity contribution is 0.101. The van der Waals surface area contributed by atoms with Crippen molar-refractivity contribution >= 4 is 33.1 Å². The van der Waals surface area contributed by atoms with Crippen molar-refractivity contribution in [3.05, 3.63) is 58.6 Å². The average Bonchev–Trinajstić information content (AvgIpc) is 2.98. The Kier molecular flexibility index (Phi) is 6.75. The average molecular weight is 421 g/mol. The van der Waals surface area contributed by atoms with Crippen molar-refractivity contribution in [3.63, 3.8) is 0 Å². The summed E-state index contributed by atoms with van der Waals surface area (Å²) in [6.07, 6.45) is 3.86. The SMILES string of the molecule is Cc1ccc(Cl)cc1NCC(=O)c1cccc(S(=O)(=O)N2CCCCCC2)c1. The van der Waals surface area contributed by atoms with Crippen molar-refractivity contribution in [3.8, 4) is 0 Å². The van der Waals surface area contributed by atoms with Gasteiger partial charge in [-0.1, -0.05) is 42.6 Å². The van der Waals surface area contributed by atoms with Gasteiger partial charge in [-0.25, -0.2) is 8.42 Å². The van der Waals surface area contributed by atoms with Gasteiger partial charge in [0, 0.05) is 29.4 Å². The fourth-order valence-corrected chi connectivity index (χ4v) is 5.06. The fraction of sp³-hybridized carbons (Fsp3) is 0.381. The van der Waals surface area contributed by atoms with Crippen LogP contribution in [0, 0.1) is 6.92 Å². The number of carbonyl (C=O) groups is 1. The molecule has 0 unspecified atom stereocenters. The van der Waals surface area contributed by atoms with Crippen LogP contribution in [-0.2, 0) is 10.0 Å². The minimum Gasteiger partial charge on any atom is -0.377 e. The van der Waals surface area contributed by atoms with Gasteiger partial charge in [0.25, 0.3) is 0 Å². The van der Waals surface area contributed by atoms with Crippen molar-refractivity contribution in [2.24, 2.45) is 0 Å². The van der Waals surface area contributed by atoms with Gasteiger partial charge in [0.2, 0.25) is 10.0 Å². The second-order valence-corrected chi connectivity index (χ2v) is 9.46. The first-order valence-corrected chi connectivity index (χ1v) is 11.3. The maximum absolute atomic E-state index is 13.0. The minimum absolute atomic E-state index is 0.0639. The smallest absolute Gasteiger partial charge is 0.243 e. The van der Waals surface area contributed by atoms with Crippen LogP contribution in [0.4, 0.5) is 5.69 Å². The summed E-state index contributed by atoms with van der Waals surface area (Å²) < 4.78 is 27.5. The highest BCUT2D eigenvalue weighted by Gasteiger charge is 2.25. The number of nitrogens with one attached hydrogen (secondary N) is 1. The number of benzene rings is 2. The molecule has 3 rings (SSSR count). The molecule has 0 bridgehead atoms. The van der Waals surface area contributed by atoms with Crippen LogP contribution in [0.1, 0.15) is 41.6 Å². The largest absolute Gasteiger partial charge is 0.377 e. The molecule has 1 aliphatic heterocycles. The van der Waals surface area contributed by atoms with E-state index < -0.39 is 10.0 Å². The van der Waals surface area contributed by atoms with E-state index in [9.17, 15) is 13.2 Å². The Morgan fingerprint density at radius 2 is 1.79 bits per heavy atom. The van der Waals surface area contributed by atoms with E-state index in [4.69, 9.17) is 11.6 Å². The van der Waals surface area contributed by atoms with E-state index in [1.54, 1.807) is 30.3 Å². The topological polar surface area (TPSA) is 66.5 Å². The van der Waals surface area contributed by atoms with Crippen LogP contribution in [0.25, 0.3) is 0 Å². The predicted molar refractivity (Wildman–Crippen MR) is 113 cm³/mol. The Balaban J connectivity index is 1.74. The van der Waals surface area contributed by atoms with Crippen molar-refractivity contribution in [2.75, 3.05) is 25.0 Å². The quantitative estimate of drug-likeness (QED) is 0.698. The van der Waals surface area contributed by atoms with Crippen molar-refractivity contribution in [1.29, 1.82) is 0 Å². The molecule has 0 aromatic heterocycles. The Morgan fingerprint density at radius 3 is 2.50 bits per heavy atom. The first kappa shape index (κ1) is 20.8. The number of hydrogen-bond donors (Lipinski definition) is 1. The number of nitrogens with zero attached hydrogens (tertiary/aromatic N) is 1. The molecule has 2 aromatic rings. The van der Waals surface area contributed by atoms with Gasteiger partial charge >= 0.3 is 0 Å². The third-order valence-corrected chi connectivity index (χ3v) is 7.13. The van der Waals surface area contributed by atoms with E-state index >= 15 is 0 Å². The van der Waals surface area contributed by atoms with Crippen LogP contribution in [0.15, 0.2) is 47.4 Å². The summed E-state index contributed by atoms with van der Waals surface area (Å²) in [5, 5.41) is 3.68. The van der Waals surface area contributed by atoms with Gasteiger partial charge in [-0.15, -0.1) is 0 Å². The summed E-state index contributed by atoms with van der Waals surface area (Å²) in [5.41, 5.74) is 2.15. The number of sulfonamides is 1. The molecule has 1 saturated heterocycles. The standard InChI is InChI=1S/C21H25ClN2O3S/c1-16-9-10-18(22)14-20(16)23-15-21(25)17-7-6-8-19(13-17)28(26,27)24-11-4-2-3-5-12-24/h6-10,13-14,23H,2-5,11-12,15H2,1H3. The zero-order valence-corrected chi connectivity index (χ0v) is 17.5. The maximum Gasteiger partial charge on any atom is 0.243 e. The van der Waals surface area contributed by atoms with Gasteiger partial charge in [-0.3, -0.25) is 4.79 Å². The normalized spacial score (nSPS) is 15.8. The Morgan fingerprint density at radius 1 is 1.07 bits per heavy atom. The first-order valence-electron chi connectivity index (χ1n) is 9.51. The zero-order chi connectivity index (χ0) is 20.1. The van der Waals surface area contributed by atoms with Gasteiger partial charge in [0.1, 0.15) is 0 Å². The summed E-state index contributed by atoms with van der Waals surface area (Å²) >= 11 is 6.01. The molecule has 150 valence electrons. The number of ketones is 1. The van der Waals surface area contributed by atoms with Gasteiger partial charge < -0.3 is 5.32 Å². The van der Waals surface area contributed by atoms with E-state index in [1.165, 1.54) is 10.4 Å². The summed E-state index contributed by atoms with van der Waals surface area (Å²) in [4.78, 5) is 12.8. The molecule has 1 fully saturated rings. The highest BCUT2D eigenvalue weighted by Crippen LogP contribution is 2.22. The van der Waals surface area contributed by atoms with E-state index in [0.717, 1.165) is 36.9 Å². The molecular formula is C21H25ClN2O3S. The van der Waals surface area contributed by atoms with Crippen molar-refractivity contribution < 1.29 is 13.2 Å². The van der Waals surface area contributed by atoms with Crippen molar-refractivity contribution in [2.45, 2.75) is 37.5 Å². The first-order chi connectivity index (χ1) is 13.4. The molecule has 28 heavy (non-hydrogen) atoms. The van der Waals surface area contributed by atoms with Gasteiger partial charge in [-0.05, 0) is 49.6 Å². The van der Waals surface area contributed by atoms with Crippen LogP contribution < -0.4 is 5.32 Å². The Labute approximate surface area is 171 Å². The molecule has 0 amide bonds. The van der Waals surface area contributed by atoms with Crippen LogP contribution in [0.2, 0.25) is 5.02 Å². The summed E-state index contributed by atoms with van der Waals surface area (Å²) in [5.74, 6) is -0.174. The molecule has 0 radical (unpaired) electrons. The van der Waals surface area contributed by atoms with E-state index in [-0.39, 0.29) is 17.2 Å². The molecule has 0 atom stereocenters. The number of anilines is 1. The lowest BCUT2D eigenvalue weighted by Gasteiger charge is -2.20. The van der Waals surface area contributed by atoms with Gasteiger partial charge in [0.15, 0.2) is 5.78 Å². The van der Waals surface area contributed by atoms with Gasteiger partial charge in [0.05, 0.1) is 11.4 Å². The molecular weight excluding hydrogens is 396 g/mol. The molecule has 7 heteroatoms. The third-order valence-electron chi connectivity index (χ3n) is 5.00. The molecule has 1 heterocycles. The molecule has 0 saturated carbocycles. The monoisotopic (exact) mass is 420 g/mol. The van der Waals surface area contributed by atoms with E-state index in [2.05, 4.69) is 5.32 Å². The third kappa shape index (κ3) is 4.93. The summed E-state index contributed by atoms with van der Waals surface area (Å²) in [6.45, 7) is 3.07. The Hall–Kier alpha value is -1.89. The second kappa shape index (κ2) is 9.07.